The van der Waals surface area contributed by atoms with E-state index in [4.69, 9.17) is 19.3 Å². The molecule has 8 nitrogen and oxygen atoms in total. The lowest BCUT2D eigenvalue weighted by molar-refractivity contribution is -0.161. The quantitative estimate of drug-likeness (QED) is 0.0220. The van der Waals surface area contributed by atoms with Gasteiger partial charge >= 0.3 is 19.8 Å². The van der Waals surface area contributed by atoms with E-state index in [2.05, 4.69) is 85.2 Å². The summed E-state index contributed by atoms with van der Waals surface area (Å²) in [6, 6.07) is 0. The van der Waals surface area contributed by atoms with Crippen molar-refractivity contribution in [3.05, 3.63) is 97.2 Å². The molecule has 0 unspecified atom stereocenters. The fourth-order valence-corrected chi connectivity index (χ4v) is 5.14. The Bertz CT molecular complexity index is 1160. The molecule has 0 saturated carbocycles. The number of hydrogen-bond acceptors (Lipinski definition) is 6. The third kappa shape index (κ3) is 39.8. The largest absolute Gasteiger partial charge is 0.469 e. The van der Waals surface area contributed by atoms with Gasteiger partial charge in [-0.25, -0.2) is 4.57 Å². The first-order chi connectivity index (χ1) is 25.3. The van der Waals surface area contributed by atoms with E-state index in [1.165, 1.54) is 25.7 Å². The molecule has 0 aliphatic heterocycles. The highest BCUT2D eigenvalue weighted by molar-refractivity contribution is 7.46. The Morgan fingerprint density at radius 2 is 1.00 bits per heavy atom. The minimum atomic E-state index is -4.77. The van der Waals surface area contributed by atoms with Crippen molar-refractivity contribution in [3.8, 4) is 0 Å². The lowest BCUT2D eigenvalue weighted by Crippen LogP contribution is -2.29. The van der Waals surface area contributed by atoms with Crippen LogP contribution in [0.3, 0.4) is 0 Å². The average molecular weight is 745 g/mol. The molecule has 0 rings (SSSR count). The van der Waals surface area contributed by atoms with Gasteiger partial charge in [-0.15, -0.1) is 0 Å². The predicted octanol–water partition coefficient (Wildman–Crippen LogP) is 11.8. The molecular formula is C43H69O8P. The van der Waals surface area contributed by atoms with Crippen LogP contribution in [0, 0.1) is 0 Å². The molecule has 0 saturated heterocycles. The number of rotatable bonds is 34. The van der Waals surface area contributed by atoms with E-state index < -0.39 is 32.5 Å². The molecule has 0 spiro atoms. The maximum absolute atomic E-state index is 12.4. The van der Waals surface area contributed by atoms with Gasteiger partial charge in [-0.3, -0.25) is 14.1 Å². The fraction of sp³-hybridized carbons (Fsp3) is 0.581. The molecule has 0 radical (unpaired) electrons. The summed E-state index contributed by atoms with van der Waals surface area (Å²) >= 11 is 0. The summed E-state index contributed by atoms with van der Waals surface area (Å²) in [6.07, 6.45) is 51.2. The molecule has 1 atom stereocenters. The second kappa shape index (κ2) is 37.7. The van der Waals surface area contributed by atoms with Crippen LogP contribution in [0.2, 0.25) is 0 Å². The van der Waals surface area contributed by atoms with E-state index >= 15 is 0 Å². The molecule has 0 heterocycles. The Morgan fingerprint density at radius 1 is 0.538 bits per heavy atom. The van der Waals surface area contributed by atoms with Gasteiger partial charge in [0.05, 0.1) is 6.61 Å². The van der Waals surface area contributed by atoms with Gasteiger partial charge in [0.2, 0.25) is 0 Å². The van der Waals surface area contributed by atoms with Gasteiger partial charge in [0.25, 0.3) is 0 Å². The molecule has 0 aromatic carbocycles. The summed E-state index contributed by atoms with van der Waals surface area (Å²) in [5, 5.41) is 0. The highest BCUT2D eigenvalue weighted by Crippen LogP contribution is 2.36. The first-order valence-corrected chi connectivity index (χ1v) is 21.1. The summed E-state index contributed by atoms with van der Waals surface area (Å²) in [7, 11) is -4.77. The van der Waals surface area contributed by atoms with Crippen molar-refractivity contribution >= 4 is 19.8 Å². The molecule has 0 aromatic rings. The third-order valence-corrected chi connectivity index (χ3v) is 8.17. The lowest BCUT2D eigenvalue weighted by atomic mass is 10.1. The molecule has 0 aliphatic carbocycles. The summed E-state index contributed by atoms with van der Waals surface area (Å²) in [5.41, 5.74) is 0. The SMILES string of the molecule is CC/C=C/C=C/C=C/C=C/CCCCCCCC(=O)OC[C@H](COP(=O)(O)O)OC(=O)CCCCC/C=C/C/C=C/C/C=C/C/C=C/CCCCC. The van der Waals surface area contributed by atoms with Gasteiger partial charge in [0.15, 0.2) is 6.10 Å². The van der Waals surface area contributed by atoms with Crippen LogP contribution in [0.25, 0.3) is 0 Å². The van der Waals surface area contributed by atoms with Gasteiger partial charge in [0.1, 0.15) is 6.61 Å². The van der Waals surface area contributed by atoms with Crippen molar-refractivity contribution < 1.29 is 37.9 Å². The molecule has 9 heteroatoms. The van der Waals surface area contributed by atoms with Gasteiger partial charge in [0, 0.05) is 12.8 Å². The Balaban J connectivity index is 4.10. The Morgan fingerprint density at radius 3 is 1.58 bits per heavy atom. The first kappa shape index (κ1) is 49.0. The van der Waals surface area contributed by atoms with E-state index in [1.54, 1.807) is 0 Å². The van der Waals surface area contributed by atoms with E-state index in [1.807, 2.05) is 30.4 Å². The van der Waals surface area contributed by atoms with Crippen LogP contribution in [0.15, 0.2) is 97.2 Å². The minimum absolute atomic E-state index is 0.162. The highest BCUT2D eigenvalue weighted by atomic mass is 31.2. The van der Waals surface area contributed by atoms with Crippen molar-refractivity contribution in [1.29, 1.82) is 0 Å². The molecule has 2 N–H and O–H groups in total. The van der Waals surface area contributed by atoms with E-state index in [0.717, 1.165) is 77.0 Å². The second-order valence-electron chi connectivity index (χ2n) is 12.6. The molecule has 294 valence electrons. The lowest BCUT2D eigenvalue weighted by Gasteiger charge is -2.18. The first-order valence-electron chi connectivity index (χ1n) is 19.6. The van der Waals surface area contributed by atoms with Crippen LogP contribution < -0.4 is 0 Å². The van der Waals surface area contributed by atoms with E-state index in [9.17, 15) is 14.2 Å². The standard InChI is InChI=1S/C43H69O8P/c1-3-5-7-9-11-13-15-17-19-20-21-22-24-26-28-30-32-34-36-38-43(45)51-41(40-50-52(46,47)48)39-49-42(44)37-35-33-31-29-27-25-23-18-16-14-12-10-8-6-4-2/h6,8,10-14,16-19,21-23,26,28,41H,3-5,7,9,15,20,24-25,27,29-40H2,1-2H3,(H2,46,47,48)/b8-6+,12-10+,13-11+,16-14+,19-17+,22-21+,23-18+,28-26+/t41-/m1/s1. The number of carbonyl (C=O) groups excluding carboxylic acids is 2. The third-order valence-electron chi connectivity index (χ3n) is 7.68. The maximum Gasteiger partial charge on any atom is 0.469 e. The summed E-state index contributed by atoms with van der Waals surface area (Å²) in [6.45, 7) is 3.45. The smallest absolute Gasteiger partial charge is 0.462 e. The monoisotopic (exact) mass is 744 g/mol. The van der Waals surface area contributed by atoms with Gasteiger partial charge in [-0.2, -0.15) is 0 Å². The summed E-state index contributed by atoms with van der Waals surface area (Å²) in [4.78, 5) is 42.8. The van der Waals surface area contributed by atoms with Crippen LogP contribution in [0.1, 0.15) is 142 Å². The summed E-state index contributed by atoms with van der Waals surface area (Å²) < 4.78 is 26.3. The molecule has 0 aromatic heterocycles. The Hall–Kier alpha value is -3.03. The zero-order chi connectivity index (χ0) is 38.2. The van der Waals surface area contributed by atoms with Crippen molar-refractivity contribution in [3.63, 3.8) is 0 Å². The van der Waals surface area contributed by atoms with Gasteiger partial charge in [-0.1, -0.05) is 150 Å². The number of phosphoric ester groups is 1. The number of ether oxygens (including phenoxy) is 2. The molecule has 0 amide bonds. The molecule has 0 fully saturated rings. The average Bonchev–Trinajstić information content (AvgIpc) is 3.11. The minimum Gasteiger partial charge on any atom is -0.462 e. The van der Waals surface area contributed by atoms with E-state index in [0.29, 0.717) is 12.8 Å². The predicted molar refractivity (Wildman–Crippen MR) is 216 cm³/mol. The van der Waals surface area contributed by atoms with Gasteiger partial charge in [-0.05, 0) is 77.0 Å². The zero-order valence-corrected chi connectivity index (χ0v) is 33.1. The molecular weight excluding hydrogens is 675 g/mol. The number of carbonyl (C=O) groups is 2. The molecule has 0 bridgehead atoms. The number of unbranched alkanes of at least 4 members (excludes halogenated alkanes) is 11. The van der Waals surface area contributed by atoms with Crippen LogP contribution in [0.4, 0.5) is 0 Å². The number of esters is 2. The van der Waals surface area contributed by atoms with Crippen LogP contribution in [-0.4, -0.2) is 41.0 Å². The number of phosphoric acid groups is 1. The number of allylic oxidation sites excluding steroid dienone is 16. The Kier molecular flexibility index (Phi) is 35.5. The van der Waals surface area contributed by atoms with Crippen molar-refractivity contribution in [2.45, 2.75) is 148 Å². The highest BCUT2D eigenvalue weighted by Gasteiger charge is 2.22. The van der Waals surface area contributed by atoms with Crippen LogP contribution in [-0.2, 0) is 28.2 Å². The van der Waals surface area contributed by atoms with Gasteiger partial charge < -0.3 is 19.3 Å². The van der Waals surface area contributed by atoms with E-state index in [-0.39, 0.29) is 19.4 Å². The second-order valence-corrected chi connectivity index (χ2v) is 13.8. The Labute approximate surface area is 315 Å². The normalized spacial score (nSPS) is 13.5. The number of hydrogen-bond donors (Lipinski definition) is 2. The molecule has 0 aliphatic rings. The topological polar surface area (TPSA) is 119 Å². The van der Waals surface area contributed by atoms with Crippen LogP contribution in [0.5, 0.6) is 0 Å². The van der Waals surface area contributed by atoms with Crippen molar-refractivity contribution in [2.75, 3.05) is 13.2 Å². The maximum atomic E-state index is 12.4. The fourth-order valence-electron chi connectivity index (χ4n) is 4.78. The zero-order valence-electron chi connectivity index (χ0n) is 32.2. The van der Waals surface area contributed by atoms with Crippen LogP contribution >= 0.6 is 7.82 Å². The molecule has 52 heavy (non-hydrogen) atoms. The van der Waals surface area contributed by atoms with Crippen molar-refractivity contribution in [1.82, 2.24) is 0 Å². The summed E-state index contributed by atoms with van der Waals surface area (Å²) in [5.74, 6) is -0.960. The van der Waals surface area contributed by atoms with Crippen molar-refractivity contribution in [2.24, 2.45) is 0 Å².